The molecule has 37 heavy (non-hydrogen) atoms. The van der Waals surface area contributed by atoms with Gasteiger partial charge in [-0.2, -0.15) is 0 Å². The Hall–Kier alpha value is -4.27. The van der Waals surface area contributed by atoms with Gasteiger partial charge in [-0.25, -0.2) is 14.6 Å². The van der Waals surface area contributed by atoms with Gasteiger partial charge in [0.05, 0.1) is 31.2 Å². The Bertz CT molecular complexity index is 1360. The van der Waals surface area contributed by atoms with Crippen LogP contribution in [-0.2, 0) is 29.6 Å². The number of aromatic nitrogens is 3. The van der Waals surface area contributed by atoms with Gasteiger partial charge >= 0.3 is 11.9 Å². The van der Waals surface area contributed by atoms with Crippen LogP contribution in [0.1, 0.15) is 36.9 Å². The summed E-state index contributed by atoms with van der Waals surface area (Å²) in [5.74, 6) is -1.81. The fraction of sp³-hybridized carbons (Fsp3) is 0.111. The van der Waals surface area contributed by atoms with Crippen molar-refractivity contribution >= 4 is 17.9 Å². The molecular weight excluding hydrogens is 655 g/mol. The summed E-state index contributed by atoms with van der Waals surface area (Å²) < 4.78 is 9.43. The molecule has 1 radical (unpaired) electrons. The van der Waals surface area contributed by atoms with Gasteiger partial charge in [0, 0.05) is 38.2 Å². The molecule has 0 aliphatic rings. The Labute approximate surface area is 226 Å². The van der Waals surface area contributed by atoms with Crippen molar-refractivity contribution in [3.05, 3.63) is 102 Å². The Morgan fingerprint density at radius 3 is 2.00 bits per heavy atom. The number of hydrogen-bond acceptors (Lipinski definition) is 8. The molecule has 1 N–H and O–H groups in total. The van der Waals surface area contributed by atoms with Crippen LogP contribution in [0.3, 0.4) is 0 Å². The maximum absolute atomic E-state index is 11.6. The largest absolute Gasteiger partial charge is 0.477 e. The summed E-state index contributed by atoms with van der Waals surface area (Å²) in [5.41, 5.74) is 4.50. The molecule has 0 bridgehead atoms. The number of aromatic carboxylic acids is 1. The van der Waals surface area contributed by atoms with Crippen molar-refractivity contribution in [2.75, 3.05) is 14.2 Å². The van der Waals surface area contributed by atoms with Crippen LogP contribution in [-0.4, -0.2) is 52.2 Å². The fourth-order valence-electron chi connectivity index (χ4n) is 3.06. The Balaban J connectivity index is 0.000000408. The topological polar surface area (TPSA) is 129 Å². The zero-order valence-corrected chi connectivity index (χ0v) is 22.5. The SMILES string of the molecule is COC(=O)c1c[c-]c(-c2ncc(C)nc2-c2ccc(C(=O)OC)cc2)cc1.O=C(O)c1ccccn1.[Ir]. The van der Waals surface area contributed by atoms with Crippen LogP contribution in [0.4, 0.5) is 0 Å². The number of pyridine rings is 1. The van der Waals surface area contributed by atoms with E-state index in [2.05, 4.69) is 21.0 Å². The zero-order valence-electron chi connectivity index (χ0n) is 20.1. The smallest absolute Gasteiger partial charge is 0.354 e. The van der Waals surface area contributed by atoms with Crippen molar-refractivity contribution in [2.45, 2.75) is 6.92 Å². The average molecular weight is 677 g/mol. The number of benzene rings is 2. The van der Waals surface area contributed by atoms with E-state index in [4.69, 9.17) is 14.6 Å². The van der Waals surface area contributed by atoms with Crippen LogP contribution in [0.2, 0.25) is 0 Å². The van der Waals surface area contributed by atoms with Gasteiger partial charge in [0.2, 0.25) is 0 Å². The van der Waals surface area contributed by atoms with E-state index in [0.29, 0.717) is 28.1 Å². The summed E-state index contributed by atoms with van der Waals surface area (Å²) in [6.07, 6.45) is 3.12. The summed E-state index contributed by atoms with van der Waals surface area (Å²) in [6, 6.07) is 19.7. The number of hydrogen-bond donors (Lipinski definition) is 1. The number of carboxylic acid groups (broad SMARTS) is 1. The number of aryl methyl sites for hydroxylation is 1. The number of ether oxygens (including phenoxy) is 2. The fourth-order valence-corrected chi connectivity index (χ4v) is 3.06. The third-order valence-corrected chi connectivity index (χ3v) is 4.85. The van der Waals surface area contributed by atoms with Gasteiger partial charge in [-0.1, -0.05) is 18.2 Å². The predicted octanol–water partition coefficient (Wildman–Crippen LogP) is 4.27. The maximum atomic E-state index is 11.6. The Morgan fingerprint density at radius 1 is 0.838 bits per heavy atom. The van der Waals surface area contributed by atoms with E-state index in [1.165, 1.54) is 26.5 Å². The molecule has 191 valence electrons. The summed E-state index contributed by atoms with van der Waals surface area (Å²) >= 11 is 0. The second-order valence-electron chi connectivity index (χ2n) is 7.28. The quantitative estimate of drug-likeness (QED) is 0.244. The number of rotatable bonds is 5. The summed E-state index contributed by atoms with van der Waals surface area (Å²) in [4.78, 5) is 46.0. The normalized spacial score (nSPS) is 9.70. The monoisotopic (exact) mass is 677 g/mol. The molecular formula is C27H22IrN3O6-. The first-order valence-corrected chi connectivity index (χ1v) is 10.6. The molecule has 4 rings (SSSR count). The van der Waals surface area contributed by atoms with E-state index >= 15 is 0 Å². The van der Waals surface area contributed by atoms with E-state index < -0.39 is 17.9 Å². The minimum Gasteiger partial charge on any atom is -0.477 e. The summed E-state index contributed by atoms with van der Waals surface area (Å²) in [6.45, 7) is 1.85. The van der Waals surface area contributed by atoms with Crippen LogP contribution >= 0.6 is 0 Å². The van der Waals surface area contributed by atoms with Crippen molar-refractivity contribution in [3.8, 4) is 22.5 Å². The van der Waals surface area contributed by atoms with Crippen LogP contribution < -0.4 is 0 Å². The molecule has 0 atom stereocenters. The second-order valence-corrected chi connectivity index (χ2v) is 7.28. The zero-order chi connectivity index (χ0) is 26.1. The van der Waals surface area contributed by atoms with Crippen LogP contribution in [0, 0.1) is 13.0 Å². The van der Waals surface area contributed by atoms with Gasteiger partial charge < -0.3 is 19.6 Å². The number of methoxy groups -OCH3 is 2. The third-order valence-electron chi connectivity index (χ3n) is 4.85. The van der Waals surface area contributed by atoms with Crippen molar-refractivity contribution in [1.29, 1.82) is 0 Å². The molecule has 0 saturated heterocycles. The van der Waals surface area contributed by atoms with Crippen LogP contribution in [0.15, 0.2) is 73.1 Å². The molecule has 4 aromatic rings. The number of nitrogens with zero attached hydrogens (tertiary/aromatic N) is 3. The van der Waals surface area contributed by atoms with E-state index in [-0.39, 0.29) is 25.8 Å². The minimum atomic E-state index is -0.990. The number of carbonyl (C=O) groups excluding carboxylic acids is 2. The molecule has 2 aromatic carbocycles. The van der Waals surface area contributed by atoms with E-state index in [1.807, 2.05) is 6.92 Å². The third kappa shape index (κ3) is 7.60. The van der Waals surface area contributed by atoms with Gasteiger partial charge in [-0.15, -0.1) is 29.8 Å². The van der Waals surface area contributed by atoms with Crippen molar-refractivity contribution in [3.63, 3.8) is 0 Å². The van der Waals surface area contributed by atoms with E-state index in [0.717, 1.165) is 11.3 Å². The van der Waals surface area contributed by atoms with Gasteiger partial charge in [0.1, 0.15) is 5.69 Å². The van der Waals surface area contributed by atoms with E-state index in [1.54, 1.807) is 60.8 Å². The first-order valence-electron chi connectivity index (χ1n) is 10.6. The molecule has 0 spiro atoms. The molecule has 0 saturated carbocycles. The summed E-state index contributed by atoms with van der Waals surface area (Å²) in [5, 5.41) is 8.32. The van der Waals surface area contributed by atoms with Crippen molar-refractivity contribution < 1.29 is 49.1 Å². The maximum Gasteiger partial charge on any atom is 0.354 e. The number of carbonyl (C=O) groups is 3. The molecule has 0 amide bonds. The molecule has 2 aromatic heterocycles. The molecule has 0 fully saturated rings. The summed E-state index contributed by atoms with van der Waals surface area (Å²) in [7, 11) is 2.67. The molecule has 10 heteroatoms. The van der Waals surface area contributed by atoms with Gasteiger partial charge in [0.25, 0.3) is 5.97 Å². The molecule has 0 unspecified atom stereocenters. The van der Waals surface area contributed by atoms with E-state index in [9.17, 15) is 14.4 Å². The van der Waals surface area contributed by atoms with Gasteiger partial charge in [0.15, 0.2) is 0 Å². The van der Waals surface area contributed by atoms with Gasteiger partial charge in [-0.05, 0) is 42.3 Å². The second kappa shape index (κ2) is 13.7. The average Bonchev–Trinajstić information content (AvgIpc) is 2.93. The van der Waals surface area contributed by atoms with Crippen LogP contribution in [0.25, 0.3) is 22.5 Å². The van der Waals surface area contributed by atoms with Crippen molar-refractivity contribution in [1.82, 2.24) is 15.0 Å². The molecule has 2 heterocycles. The Morgan fingerprint density at radius 2 is 1.49 bits per heavy atom. The van der Waals surface area contributed by atoms with Gasteiger partial charge in [-0.3, -0.25) is 9.78 Å². The molecule has 9 nitrogen and oxygen atoms in total. The number of carboxylic acids is 1. The number of esters is 2. The standard InChI is InChI=1S/C21H17N2O4.C6H5NO2.Ir/c1-13-12-22-18(14-4-8-16(9-5-14)20(24)26-2)19(23-13)15-6-10-17(11-7-15)21(25)27-3;8-6(9)5-3-1-2-4-7-5;/h4,6-12H,1-3H3;1-4H,(H,8,9);/q-1;;. The molecule has 0 aliphatic carbocycles. The predicted molar refractivity (Wildman–Crippen MR) is 130 cm³/mol. The first kappa shape index (κ1) is 29.0. The van der Waals surface area contributed by atoms with Crippen LogP contribution in [0.5, 0.6) is 0 Å². The Kier molecular flexibility index (Phi) is 10.7. The minimum absolute atomic E-state index is 0. The van der Waals surface area contributed by atoms with Crippen molar-refractivity contribution in [2.24, 2.45) is 0 Å². The molecule has 0 aliphatic heterocycles. The first-order chi connectivity index (χ1) is 17.3.